The minimum absolute atomic E-state index is 0.0805. The van der Waals surface area contributed by atoms with Gasteiger partial charge in [0.2, 0.25) is 0 Å². The lowest BCUT2D eigenvalue weighted by molar-refractivity contribution is -0.156. The van der Waals surface area contributed by atoms with E-state index in [9.17, 15) is 4.79 Å². The smallest absolute Gasteiger partial charge is 0.252 e. The van der Waals surface area contributed by atoms with Gasteiger partial charge in [0.25, 0.3) is 5.79 Å². The summed E-state index contributed by atoms with van der Waals surface area (Å²) in [5.41, 5.74) is 0. The molecule has 0 bridgehead atoms. The average Bonchev–Trinajstić information content (AvgIpc) is 2.79. The maximum absolute atomic E-state index is 11.4. The van der Waals surface area contributed by atoms with Crippen molar-refractivity contribution >= 4 is 17.4 Å². The SMILES string of the molecule is O=C1C=C(OCCO)C2(OCCO2)C1Cl. The first kappa shape index (κ1) is 10.9. The first-order valence-electron chi connectivity index (χ1n) is 4.62. The quantitative estimate of drug-likeness (QED) is 0.686. The Morgan fingerprint density at radius 1 is 1.60 bits per heavy atom. The summed E-state index contributed by atoms with van der Waals surface area (Å²) in [4.78, 5) is 11.4. The van der Waals surface area contributed by atoms with E-state index in [0.29, 0.717) is 13.2 Å². The molecule has 5 nitrogen and oxygen atoms in total. The van der Waals surface area contributed by atoms with Gasteiger partial charge in [0.05, 0.1) is 19.8 Å². The van der Waals surface area contributed by atoms with Crippen LogP contribution in [0.5, 0.6) is 0 Å². The number of ketones is 1. The summed E-state index contributed by atoms with van der Waals surface area (Å²) in [7, 11) is 0. The first-order chi connectivity index (χ1) is 7.20. The molecule has 0 aromatic heterocycles. The van der Waals surface area contributed by atoms with Crippen LogP contribution in [-0.2, 0) is 19.0 Å². The van der Waals surface area contributed by atoms with E-state index < -0.39 is 11.2 Å². The maximum Gasteiger partial charge on any atom is 0.252 e. The Kier molecular flexibility index (Phi) is 2.97. The molecule has 1 unspecified atom stereocenters. The van der Waals surface area contributed by atoms with Gasteiger partial charge in [-0.15, -0.1) is 11.6 Å². The van der Waals surface area contributed by atoms with Crippen molar-refractivity contribution < 1.29 is 24.1 Å². The Morgan fingerprint density at radius 2 is 2.27 bits per heavy atom. The summed E-state index contributed by atoms with van der Waals surface area (Å²) in [6.07, 6.45) is 1.26. The molecule has 84 valence electrons. The van der Waals surface area contributed by atoms with E-state index >= 15 is 0 Å². The lowest BCUT2D eigenvalue weighted by atomic mass is 10.2. The van der Waals surface area contributed by atoms with Gasteiger partial charge in [-0.1, -0.05) is 0 Å². The number of hydrogen-bond donors (Lipinski definition) is 1. The van der Waals surface area contributed by atoms with Crippen LogP contribution >= 0.6 is 11.6 Å². The van der Waals surface area contributed by atoms with Gasteiger partial charge in [-0.25, -0.2) is 0 Å². The van der Waals surface area contributed by atoms with Crippen LogP contribution in [0.25, 0.3) is 0 Å². The molecule has 0 amide bonds. The normalized spacial score (nSPS) is 28.5. The van der Waals surface area contributed by atoms with Gasteiger partial charge in [0.1, 0.15) is 6.61 Å². The number of allylic oxidation sites excluding steroid dienone is 1. The zero-order chi connectivity index (χ0) is 10.9. The van der Waals surface area contributed by atoms with Crippen molar-refractivity contribution in [1.82, 2.24) is 0 Å². The molecule has 1 aliphatic carbocycles. The number of aliphatic hydroxyl groups is 1. The Bertz CT molecular complexity index is 295. The molecule has 15 heavy (non-hydrogen) atoms. The van der Waals surface area contributed by atoms with E-state index in [-0.39, 0.29) is 24.8 Å². The molecule has 6 heteroatoms. The van der Waals surface area contributed by atoms with Gasteiger partial charge in [0.15, 0.2) is 16.9 Å². The number of aliphatic hydroxyl groups excluding tert-OH is 1. The van der Waals surface area contributed by atoms with Gasteiger partial charge in [-0.2, -0.15) is 0 Å². The highest BCUT2D eigenvalue weighted by molar-refractivity contribution is 6.35. The molecular formula is C9H11ClO5. The molecule has 0 saturated carbocycles. The average molecular weight is 235 g/mol. The number of halogens is 1. The molecular weight excluding hydrogens is 224 g/mol. The molecule has 1 aliphatic heterocycles. The Morgan fingerprint density at radius 3 is 2.87 bits per heavy atom. The molecule has 1 saturated heterocycles. The Balaban J connectivity index is 2.19. The second-order valence-corrected chi connectivity index (χ2v) is 3.65. The van der Waals surface area contributed by atoms with Crippen LogP contribution < -0.4 is 0 Å². The van der Waals surface area contributed by atoms with Crippen molar-refractivity contribution in [3.63, 3.8) is 0 Å². The standard InChI is InChI=1S/C9H11ClO5/c10-8-6(12)5-7(13-2-1-11)9(8)14-3-4-15-9/h5,8,11H,1-4H2. The molecule has 1 fully saturated rings. The highest BCUT2D eigenvalue weighted by Gasteiger charge is 2.56. The summed E-state index contributed by atoms with van der Waals surface area (Å²) in [6.45, 7) is 0.679. The van der Waals surface area contributed by atoms with Gasteiger partial charge < -0.3 is 19.3 Å². The van der Waals surface area contributed by atoms with Crippen LogP contribution in [0.2, 0.25) is 0 Å². The summed E-state index contributed by atoms with van der Waals surface area (Å²) in [5, 5.41) is 7.73. The lowest BCUT2D eigenvalue weighted by Crippen LogP contribution is -2.42. The third-order valence-corrected chi connectivity index (χ3v) is 2.77. The van der Waals surface area contributed by atoms with Crippen molar-refractivity contribution in [1.29, 1.82) is 0 Å². The number of carbonyl (C=O) groups excluding carboxylic acids is 1. The van der Waals surface area contributed by atoms with E-state index in [1.807, 2.05) is 0 Å². The van der Waals surface area contributed by atoms with Crippen LogP contribution in [0.1, 0.15) is 0 Å². The van der Waals surface area contributed by atoms with Crippen LogP contribution in [0.4, 0.5) is 0 Å². The molecule has 1 atom stereocenters. The lowest BCUT2D eigenvalue weighted by Gasteiger charge is -2.27. The Hall–Kier alpha value is -0.620. The van der Waals surface area contributed by atoms with Crippen molar-refractivity contribution in [2.75, 3.05) is 26.4 Å². The largest absolute Gasteiger partial charge is 0.490 e. The third kappa shape index (κ3) is 1.65. The molecule has 0 aromatic carbocycles. The molecule has 0 radical (unpaired) electrons. The summed E-state index contributed by atoms with van der Waals surface area (Å²) in [5.74, 6) is -1.32. The second kappa shape index (κ2) is 4.09. The highest BCUT2D eigenvalue weighted by atomic mass is 35.5. The van der Waals surface area contributed by atoms with E-state index in [1.54, 1.807) is 0 Å². The fourth-order valence-electron chi connectivity index (χ4n) is 1.63. The van der Waals surface area contributed by atoms with E-state index in [0.717, 1.165) is 0 Å². The number of alkyl halides is 1. The van der Waals surface area contributed by atoms with Crippen molar-refractivity contribution in [2.45, 2.75) is 11.2 Å². The molecule has 2 rings (SSSR count). The number of hydrogen-bond acceptors (Lipinski definition) is 5. The van der Waals surface area contributed by atoms with Gasteiger partial charge >= 0.3 is 0 Å². The van der Waals surface area contributed by atoms with Crippen molar-refractivity contribution in [3.8, 4) is 0 Å². The molecule has 0 aromatic rings. The van der Waals surface area contributed by atoms with E-state index in [4.69, 9.17) is 30.9 Å². The zero-order valence-electron chi connectivity index (χ0n) is 7.94. The number of carbonyl (C=O) groups is 1. The van der Waals surface area contributed by atoms with Crippen LogP contribution in [0.3, 0.4) is 0 Å². The first-order valence-corrected chi connectivity index (χ1v) is 5.06. The van der Waals surface area contributed by atoms with E-state index in [1.165, 1.54) is 6.08 Å². The fraction of sp³-hybridized carbons (Fsp3) is 0.667. The van der Waals surface area contributed by atoms with Crippen LogP contribution in [0, 0.1) is 0 Å². The molecule has 1 spiro atoms. The maximum atomic E-state index is 11.4. The highest BCUT2D eigenvalue weighted by Crippen LogP contribution is 2.40. The predicted molar refractivity (Wildman–Crippen MR) is 50.4 cm³/mol. The summed E-state index contributed by atoms with van der Waals surface area (Å²) in [6, 6.07) is 0. The van der Waals surface area contributed by atoms with E-state index in [2.05, 4.69) is 0 Å². The summed E-state index contributed by atoms with van der Waals surface area (Å²) >= 11 is 5.91. The summed E-state index contributed by atoms with van der Waals surface area (Å²) < 4.78 is 15.9. The second-order valence-electron chi connectivity index (χ2n) is 3.21. The van der Waals surface area contributed by atoms with Gasteiger partial charge in [0, 0.05) is 6.08 Å². The molecule has 1 heterocycles. The zero-order valence-corrected chi connectivity index (χ0v) is 8.70. The minimum Gasteiger partial charge on any atom is -0.490 e. The number of rotatable bonds is 3. The predicted octanol–water partition coefficient (Wildman–Crippen LogP) is -0.188. The van der Waals surface area contributed by atoms with Crippen LogP contribution in [-0.4, -0.2) is 48.5 Å². The molecule has 2 aliphatic rings. The monoisotopic (exact) mass is 234 g/mol. The van der Waals surface area contributed by atoms with Gasteiger partial charge in [-0.3, -0.25) is 4.79 Å². The number of ether oxygens (including phenoxy) is 3. The minimum atomic E-state index is -1.27. The van der Waals surface area contributed by atoms with Gasteiger partial charge in [-0.05, 0) is 0 Å². The third-order valence-electron chi connectivity index (χ3n) is 2.27. The Labute approximate surface area is 91.6 Å². The fourth-order valence-corrected chi connectivity index (χ4v) is 1.93. The van der Waals surface area contributed by atoms with Crippen molar-refractivity contribution in [3.05, 3.63) is 11.8 Å². The molecule has 1 N–H and O–H groups in total. The van der Waals surface area contributed by atoms with Crippen LogP contribution in [0.15, 0.2) is 11.8 Å². The topological polar surface area (TPSA) is 65.0 Å². The van der Waals surface area contributed by atoms with Crippen molar-refractivity contribution in [2.24, 2.45) is 0 Å².